The zero-order valence-electron chi connectivity index (χ0n) is 11.5. The van der Waals surface area contributed by atoms with Crippen LogP contribution in [-0.2, 0) is 0 Å². The number of hydrogen-bond donors (Lipinski definition) is 2. The maximum atomic E-state index is 12.6. The first-order valence-corrected chi connectivity index (χ1v) is 5.99. The van der Waals surface area contributed by atoms with Crippen LogP contribution in [0.5, 0.6) is 0 Å². The molecule has 0 aromatic heterocycles. The van der Waals surface area contributed by atoms with Gasteiger partial charge in [0, 0.05) is 17.4 Å². The quantitative estimate of drug-likeness (QED) is 0.836. The third-order valence-electron chi connectivity index (χ3n) is 2.91. The Kier molecular flexibility index (Phi) is 4.52. The standard InChI is InChI=1S/C13H17F3N2O2/c1-7(2)18(6-13(14,15)16)9-4-8(3)11(17)10(5-9)12(19)20/h4-5,7H,6,17H2,1-3H3,(H,19,20). The van der Waals surface area contributed by atoms with Gasteiger partial charge in [0.2, 0.25) is 0 Å². The van der Waals surface area contributed by atoms with E-state index in [-0.39, 0.29) is 16.9 Å². The van der Waals surface area contributed by atoms with Crippen LogP contribution in [0.1, 0.15) is 29.8 Å². The summed E-state index contributed by atoms with van der Waals surface area (Å²) in [5.41, 5.74) is 6.15. The number of hydrogen-bond acceptors (Lipinski definition) is 3. The van der Waals surface area contributed by atoms with Gasteiger partial charge in [0.25, 0.3) is 0 Å². The summed E-state index contributed by atoms with van der Waals surface area (Å²) < 4.78 is 37.8. The van der Waals surface area contributed by atoms with Gasteiger partial charge in [-0.3, -0.25) is 0 Å². The third-order valence-corrected chi connectivity index (χ3v) is 2.91. The summed E-state index contributed by atoms with van der Waals surface area (Å²) in [6.45, 7) is 3.64. The first-order valence-electron chi connectivity index (χ1n) is 5.99. The van der Waals surface area contributed by atoms with Crippen molar-refractivity contribution < 1.29 is 23.1 Å². The van der Waals surface area contributed by atoms with E-state index in [1.807, 2.05) is 0 Å². The molecule has 0 heterocycles. The molecular weight excluding hydrogens is 273 g/mol. The van der Waals surface area contributed by atoms with Crippen molar-refractivity contribution in [2.24, 2.45) is 0 Å². The van der Waals surface area contributed by atoms with E-state index in [4.69, 9.17) is 10.8 Å². The number of nitrogens with two attached hydrogens (primary N) is 1. The Morgan fingerprint density at radius 1 is 1.40 bits per heavy atom. The minimum atomic E-state index is -4.37. The fourth-order valence-electron chi connectivity index (χ4n) is 1.89. The Hall–Kier alpha value is -1.92. The van der Waals surface area contributed by atoms with Gasteiger partial charge in [-0.1, -0.05) is 0 Å². The third kappa shape index (κ3) is 3.79. The topological polar surface area (TPSA) is 66.6 Å². The zero-order valence-corrected chi connectivity index (χ0v) is 11.5. The van der Waals surface area contributed by atoms with E-state index in [2.05, 4.69) is 0 Å². The Morgan fingerprint density at radius 3 is 2.35 bits per heavy atom. The number of anilines is 2. The molecule has 3 N–H and O–H groups in total. The van der Waals surface area contributed by atoms with Gasteiger partial charge in [-0.25, -0.2) is 4.79 Å². The summed E-state index contributed by atoms with van der Waals surface area (Å²) in [6, 6.07) is 2.21. The molecule has 0 saturated heterocycles. The first-order chi connectivity index (χ1) is 9.03. The molecule has 0 bridgehead atoms. The van der Waals surface area contributed by atoms with Gasteiger partial charge in [0.1, 0.15) is 6.54 Å². The average molecular weight is 290 g/mol. The maximum Gasteiger partial charge on any atom is 0.405 e. The highest BCUT2D eigenvalue weighted by Gasteiger charge is 2.32. The van der Waals surface area contributed by atoms with E-state index >= 15 is 0 Å². The molecule has 4 nitrogen and oxygen atoms in total. The van der Waals surface area contributed by atoms with Gasteiger partial charge in [-0.2, -0.15) is 13.2 Å². The summed E-state index contributed by atoms with van der Waals surface area (Å²) in [4.78, 5) is 12.2. The molecular formula is C13H17F3N2O2. The molecule has 1 rings (SSSR count). The maximum absolute atomic E-state index is 12.6. The lowest BCUT2D eigenvalue weighted by Crippen LogP contribution is -2.39. The van der Waals surface area contributed by atoms with Gasteiger partial charge in [-0.05, 0) is 38.5 Å². The molecule has 1 aromatic carbocycles. The van der Waals surface area contributed by atoms with Gasteiger partial charge < -0.3 is 15.7 Å². The van der Waals surface area contributed by atoms with Crippen LogP contribution < -0.4 is 10.6 Å². The molecule has 0 spiro atoms. The molecule has 0 amide bonds. The molecule has 1 aromatic rings. The lowest BCUT2D eigenvalue weighted by molar-refractivity contribution is -0.120. The van der Waals surface area contributed by atoms with Crippen LogP contribution >= 0.6 is 0 Å². The minimum Gasteiger partial charge on any atom is -0.478 e. The smallest absolute Gasteiger partial charge is 0.405 e. The lowest BCUT2D eigenvalue weighted by Gasteiger charge is -2.30. The number of carboxylic acids is 1. The second kappa shape index (κ2) is 5.60. The van der Waals surface area contributed by atoms with Crippen molar-refractivity contribution in [3.63, 3.8) is 0 Å². The van der Waals surface area contributed by atoms with E-state index < -0.39 is 24.7 Å². The lowest BCUT2D eigenvalue weighted by atomic mass is 10.1. The SMILES string of the molecule is Cc1cc(N(CC(F)(F)F)C(C)C)cc(C(=O)O)c1N. The molecule has 0 aliphatic rings. The summed E-state index contributed by atoms with van der Waals surface area (Å²) >= 11 is 0. The van der Waals surface area contributed by atoms with Gasteiger partial charge >= 0.3 is 12.1 Å². The van der Waals surface area contributed by atoms with E-state index in [1.165, 1.54) is 12.1 Å². The Labute approximate surface area is 115 Å². The number of benzene rings is 1. The van der Waals surface area contributed by atoms with Crippen LogP contribution in [0.4, 0.5) is 24.5 Å². The Bertz CT molecular complexity index is 513. The molecule has 0 unspecified atom stereocenters. The number of nitrogens with zero attached hydrogens (tertiary/aromatic N) is 1. The molecule has 7 heteroatoms. The van der Waals surface area contributed by atoms with Crippen LogP contribution in [0.2, 0.25) is 0 Å². The van der Waals surface area contributed by atoms with E-state index in [1.54, 1.807) is 20.8 Å². The Balaban J connectivity index is 3.31. The molecule has 0 atom stereocenters. The summed E-state index contributed by atoms with van der Waals surface area (Å²) in [7, 11) is 0. The monoisotopic (exact) mass is 290 g/mol. The van der Waals surface area contributed by atoms with Crippen molar-refractivity contribution >= 4 is 17.3 Å². The summed E-state index contributed by atoms with van der Waals surface area (Å²) in [6.07, 6.45) is -4.37. The predicted molar refractivity (Wildman–Crippen MR) is 71.1 cm³/mol. The fourth-order valence-corrected chi connectivity index (χ4v) is 1.89. The van der Waals surface area contributed by atoms with Crippen molar-refractivity contribution in [1.82, 2.24) is 0 Å². The second-order valence-electron chi connectivity index (χ2n) is 4.87. The van der Waals surface area contributed by atoms with Crippen molar-refractivity contribution in [3.05, 3.63) is 23.3 Å². The highest BCUT2D eigenvalue weighted by atomic mass is 19.4. The highest BCUT2D eigenvalue weighted by molar-refractivity contribution is 5.95. The minimum absolute atomic E-state index is 0.0666. The van der Waals surface area contributed by atoms with E-state index in [9.17, 15) is 18.0 Å². The molecule has 0 aliphatic carbocycles. The van der Waals surface area contributed by atoms with Crippen molar-refractivity contribution in [2.75, 3.05) is 17.2 Å². The second-order valence-corrected chi connectivity index (χ2v) is 4.87. The number of halogens is 3. The van der Waals surface area contributed by atoms with Gasteiger partial charge in [-0.15, -0.1) is 0 Å². The van der Waals surface area contributed by atoms with E-state index in [0.717, 1.165) is 4.90 Å². The molecule has 0 fully saturated rings. The normalized spacial score (nSPS) is 11.8. The van der Waals surface area contributed by atoms with Crippen molar-refractivity contribution in [2.45, 2.75) is 33.0 Å². The van der Waals surface area contributed by atoms with Crippen LogP contribution in [0.3, 0.4) is 0 Å². The molecule has 20 heavy (non-hydrogen) atoms. The number of nitrogen functional groups attached to an aromatic ring is 1. The van der Waals surface area contributed by atoms with E-state index in [0.29, 0.717) is 5.56 Å². The first kappa shape index (κ1) is 16.1. The molecule has 0 saturated carbocycles. The number of alkyl halides is 3. The number of rotatable bonds is 4. The largest absolute Gasteiger partial charge is 0.478 e. The van der Waals surface area contributed by atoms with Crippen molar-refractivity contribution in [1.29, 1.82) is 0 Å². The van der Waals surface area contributed by atoms with Gasteiger partial charge in [0.15, 0.2) is 0 Å². The molecule has 0 aliphatic heterocycles. The number of carbonyl (C=O) groups is 1. The highest BCUT2D eigenvalue weighted by Crippen LogP contribution is 2.29. The molecule has 112 valence electrons. The summed E-state index contributed by atoms with van der Waals surface area (Å²) in [5.74, 6) is -1.26. The summed E-state index contributed by atoms with van der Waals surface area (Å²) in [5, 5.41) is 9.05. The number of aromatic carboxylic acids is 1. The number of aryl methyl sites for hydroxylation is 1. The fraction of sp³-hybridized carbons (Fsp3) is 0.462. The number of carboxylic acid groups (broad SMARTS) is 1. The van der Waals surface area contributed by atoms with Crippen molar-refractivity contribution in [3.8, 4) is 0 Å². The van der Waals surface area contributed by atoms with Crippen LogP contribution in [-0.4, -0.2) is 29.8 Å². The Morgan fingerprint density at radius 2 is 1.95 bits per heavy atom. The molecule has 0 radical (unpaired) electrons. The van der Waals surface area contributed by atoms with Gasteiger partial charge in [0.05, 0.1) is 5.56 Å². The zero-order chi connectivity index (χ0) is 15.7. The predicted octanol–water partition coefficient (Wildman–Crippen LogP) is 3.05. The van der Waals surface area contributed by atoms with Crippen LogP contribution in [0.15, 0.2) is 12.1 Å². The van der Waals surface area contributed by atoms with Crippen LogP contribution in [0, 0.1) is 6.92 Å². The average Bonchev–Trinajstić information content (AvgIpc) is 2.27. The van der Waals surface area contributed by atoms with Crippen LogP contribution in [0.25, 0.3) is 0 Å².